The van der Waals surface area contributed by atoms with Crippen molar-refractivity contribution in [2.45, 2.75) is 26.7 Å². The molecule has 0 aliphatic carbocycles. The third-order valence-electron chi connectivity index (χ3n) is 1.27. The van der Waals surface area contributed by atoms with Crippen molar-refractivity contribution < 1.29 is 0 Å². The van der Waals surface area contributed by atoms with E-state index in [-0.39, 0.29) is 0 Å². The second-order valence-electron chi connectivity index (χ2n) is 1.79. The van der Waals surface area contributed by atoms with Crippen LogP contribution in [0.2, 0.25) is 0 Å². The van der Waals surface area contributed by atoms with E-state index in [1.807, 2.05) is 6.08 Å². The van der Waals surface area contributed by atoms with Crippen LogP contribution in [0.4, 0.5) is 0 Å². The van der Waals surface area contributed by atoms with Gasteiger partial charge in [-0.3, -0.25) is 0 Å². The highest BCUT2D eigenvalue weighted by molar-refractivity contribution is 5.03. The van der Waals surface area contributed by atoms with Crippen LogP contribution in [0.3, 0.4) is 0 Å². The molecule has 0 aliphatic heterocycles. The number of hydrogen-bond donors (Lipinski definition) is 0. The highest BCUT2D eigenvalue weighted by atomic mass is 13.9. The zero-order valence-corrected chi connectivity index (χ0v) is 5.78. The van der Waals surface area contributed by atoms with Gasteiger partial charge in [0.25, 0.3) is 0 Å². The van der Waals surface area contributed by atoms with Crippen molar-refractivity contribution in [1.29, 1.82) is 0 Å². The first kappa shape index (κ1) is 7.48. The monoisotopic (exact) mass is 110 g/mol. The fourth-order valence-corrected chi connectivity index (χ4v) is 0.652. The van der Waals surface area contributed by atoms with Gasteiger partial charge < -0.3 is 0 Å². The zero-order chi connectivity index (χ0) is 6.41. The highest BCUT2D eigenvalue weighted by Crippen LogP contribution is 2.04. The molecule has 0 N–H and O–H groups in total. The number of allylic oxidation sites excluding steroid dienone is 3. The van der Waals surface area contributed by atoms with Crippen LogP contribution in [0.1, 0.15) is 26.7 Å². The predicted molar refractivity (Wildman–Crippen MR) is 38.9 cm³/mol. The molecule has 0 fully saturated rings. The van der Waals surface area contributed by atoms with Crippen molar-refractivity contribution >= 4 is 0 Å². The third-order valence-corrected chi connectivity index (χ3v) is 1.27. The normalized spacial score (nSPS) is 11.5. The SMILES string of the molecule is C=CCC(=CC)CC. The summed E-state index contributed by atoms with van der Waals surface area (Å²) in [5, 5.41) is 0. The predicted octanol–water partition coefficient (Wildman–Crippen LogP) is 2.92. The standard InChI is InChI=1S/C8H14/c1-4-7-8(5-2)6-3/h4-5H,1,6-7H2,2-3H3. The average molecular weight is 110 g/mol. The molecule has 0 aromatic rings. The molecule has 0 saturated carbocycles. The lowest BCUT2D eigenvalue weighted by Crippen LogP contribution is -1.74. The molecule has 0 aromatic carbocycles. The van der Waals surface area contributed by atoms with E-state index >= 15 is 0 Å². The summed E-state index contributed by atoms with van der Waals surface area (Å²) >= 11 is 0. The molecule has 0 amide bonds. The topological polar surface area (TPSA) is 0 Å². The Hall–Kier alpha value is -0.520. The summed E-state index contributed by atoms with van der Waals surface area (Å²) in [7, 11) is 0. The first-order valence-electron chi connectivity index (χ1n) is 3.10. The molecular weight excluding hydrogens is 96.1 g/mol. The molecule has 0 aliphatic rings. The second-order valence-corrected chi connectivity index (χ2v) is 1.79. The van der Waals surface area contributed by atoms with Gasteiger partial charge in [-0.2, -0.15) is 0 Å². The Morgan fingerprint density at radius 2 is 2.25 bits per heavy atom. The maximum absolute atomic E-state index is 3.66. The Labute approximate surface area is 51.9 Å². The average Bonchev–Trinajstić information content (AvgIpc) is 1.83. The molecule has 0 heteroatoms. The molecule has 0 rings (SSSR count). The maximum atomic E-state index is 3.66. The highest BCUT2D eigenvalue weighted by Gasteiger charge is 1.84. The molecule has 0 saturated heterocycles. The number of rotatable bonds is 3. The Balaban J connectivity index is 3.53. The van der Waals surface area contributed by atoms with Gasteiger partial charge in [-0.05, 0) is 19.8 Å². The van der Waals surface area contributed by atoms with E-state index in [1.54, 1.807) is 0 Å². The molecule has 0 atom stereocenters. The minimum absolute atomic E-state index is 1.05. The van der Waals surface area contributed by atoms with Crippen LogP contribution in [0.25, 0.3) is 0 Å². The van der Waals surface area contributed by atoms with Gasteiger partial charge >= 0.3 is 0 Å². The van der Waals surface area contributed by atoms with Gasteiger partial charge in [-0.25, -0.2) is 0 Å². The van der Waals surface area contributed by atoms with Crippen molar-refractivity contribution in [1.82, 2.24) is 0 Å². The van der Waals surface area contributed by atoms with Crippen LogP contribution < -0.4 is 0 Å². The molecule has 8 heavy (non-hydrogen) atoms. The van der Waals surface area contributed by atoms with Crippen molar-refractivity contribution in [2.24, 2.45) is 0 Å². The summed E-state index contributed by atoms with van der Waals surface area (Å²) in [6.07, 6.45) is 6.30. The minimum Gasteiger partial charge on any atom is -0.103 e. The van der Waals surface area contributed by atoms with Gasteiger partial charge in [-0.15, -0.1) is 6.58 Å². The summed E-state index contributed by atoms with van der Waals surface area (Å²) < 4.78 is 0. The third kappa shape index (κ3) is 2.62. The van der Waals surface area contributed by atoms with E-state index in [9.17, 15) is 0 Å². The fraction of sp³-hybridized carbons (Fsp3) is 0.500. The lowest BCUT2D eigenvalue weighted by atomic mass is 10.1. The molecule has 0 aromatic heterocycles. The summed E-state index contributed by atoms with van der Waals surface area (Å²) in [5.41, 5.74) is 1.47. The van der Waals surface area contributed by atoms with Gasteiger partial charge in [0.15, 0.2) is 0 Å². The van der Waals surface area contributed by atoms with Gasteiger partial charge in [0.1, 0.15) is 0 Å². The zero-order valence-electron chi connectivity index (χ0n) is 5.78. The van der Waals surface area contributed by atoms with Gasteiger partial charge in [0.05, 0.1) is 0 Å². The van der Waals surface area contributed by atoms with E-state index in [2.05, 4.69) is 26.5 Å². The van der Waals surface area contributed by atoms with E-state index in [0.29, 0.717) is 0 Å². The molecule has 0 nitrogen and oxygen atoms in total. The van der Waals surface area contributed by atoms with E-state index in [0.717, 1.165) is 12.8 Å². The summed E-state index contributed by atoms with van der Waals surface area (Å²) in [6, 6.07) is 0. The Morgan fingerprint density at radius 3 is 2.38 bits per heavy atom. The van der Waals surface area contributed by atoms with Crippen molar-refractivity contribution in [3.63, 3.8) is 0 Å². The first-order valence-corrected chi connectivity index (χ1v) is 3.10. The molecule has 0 radical (unpaired) electrons. The molecule has 0 bridgehead atoms. The van der Waals surface area contributed by atoms with Crippen LogP contribution in [-0.4, -0.2) is 0 Å². The van der Waals surface area contributed by atoms with Crippen LogP contribution in [0.15, 0.2) is 24.3 Å². The Morgan fingerprint density at radius 1 is 1.62 bits per heavy atom. The van der Waals surface area contributed by atoms with Crippen LogP contribution in [-0.2, 0) is 0 Å². The summed E-state index contributed by atoms with van der Waals surface area (Å²) in [4.78, 5) is 0. The quantitative estimate of drug-likeness (QED) is 0.490. The van der Waals surface area contributed by atoms with Gasteiger partial charge in [0, 0.05) is 0 Å². The molecule has 0 heterocycles. The van der Waals surface area contributed by atoms with Crippen molar-refractivity contribution in [3.05, 3.63) is 24.3 Å². The molecule has 0 unspecified atom stereocenters. The van der Waals surface area contributed by atoms with Crippen LogP contribution in [0, 0.1) is 0 Å². The maximum Gasteiger partial charge on any atom is -0.0142 e. The second kappa shape index (κ2) is 4.63. The van der Waals surface area contributed by atoms with Gasteiger partial charge in [-0.1, -0.05) is 24.6 Å². The lowest BCUT2D eigenvalue weighted by Gasteiger charge is -1.94. The molecule has 46 valence electrons. The van der Waals surface area contributed by atoms with E-state index in [4.69, 9.17) is 0 Å². The number of hydrogen-bond acceptors (Lipinski definition) is 0. The van der Waals surface area contributed by atoms with Crippen molar-refractivity contribution in [2.75, 3.05) is 0 Å². The van der Waals surface area contributed by atoms with Crippen molar-refractivity contribution in [3.8, 4) is 0 Å². The minimum atomic E-state index is 1.05. The fourth-order valence-electron chi connectivity index (χ4n) is 0.652. The first-order chi connectivity index (χ1) is 3.85. The van der Waals surface area contributed by atoms with Crippen LogP contribution >= 0.6 is 0 Å². The van der Waals surface area contributed by atoms with Gasteiger partial charge in [0.2, 0.25) is 0 Å². The van der Waals surface area contributed by atoms with E-state index in [1.165, 1.54) is 5.57 Å². The largest absolute Gasteiger partial charge is 0.103 e. The molecule has 0 spiro atoms. The summed E-state index contributed by atoms with van der Waals surface area (Å²) in [5.74, 6) is 0. The summed E-state index contributed by atoms with van der Waals surface area (Å²) in [6.45, 7) is 7.89. The lowest BCUT2D eigenvalue weighted by molar-refractivity contribution is 1.03. The smallest absolute Gasteiger partial charge is 0.0142 e. The Kier molecular flexibility index (Phi) is 4.33. The molecular formula is C8H14. The van der Waals surface area contributed by atoms with Crippen LogP contribution in [0.5, 0.6) is 0 Å². The van der Waals surface area contributed by atoms with E-state index < -0.39 is 0 Å². The Bertz CT molecular complexity index is 88.2.